The van der Waals surface area contributed by atoms with Crippen LogP contribution < -0.4 is 0 Å². The number of benzene rings is 1. The predicted octanol–water partition coefficient (Wildman–Crippen LogP) is 3.43. The lowest BCUT2D eigenvalue weighted by atomic mass is 9.73. The molecule has 4 rings (SSSR count). The van der Waals surface area contributed by atoms with Crippen LogP contribution in [0.4, 0.5) is 0 Å². The summed E-state index contributed by atoms with van der Waals surface area (Å²) in [7, 11) is 0. The number of hydrogen-bond donors (Lipinski definition) is 0. The standard InChI is InChI=1S/C22H24ClN3O2/c23-19-8-6-17(7-9-19)13-22(21(28)25-11-2-1-3-12-25)15-26(16-22)20(27)18-5-4-10-24-14-18/h4-10,14H,1-3,11-13,15-16H2. The van der Waals surface area contributed by atoms with Crippen molar-refractivity contribution in [3.05, 3.63) is 64.9 Å². The minimum Gasteiger partial charge on any atom is -0.342 e. The van der Waals surface area contributed by atoms with E-state index >= 15 is 0 Å². The Balaban J connectivity index is 1.54. The van der Waals surface area contributed by atoms with E-state index in [0.717, 1.165) is 31.5 Å². The summed E-state index contributed by atoms with van der Waals surface area (Å²) in [4.78, 5) is 34.0. The first-order valence-electron chi connectivity index (χ1n) is 9.81. The number of carbonyl (C=O) groups is 2. The number of amides is 2. The van der Waals surface area contributed by atoms with Crippen LogP contribution in [0.15, 0.2) is 48.8 Å². The Morgan fingerprint density at radius 3 is 2.36 bits per heavy atom. The molecule has 0 radical (unpaired) electrons. The fraction of sp³-hybridized carbons (Fsp3) is 0.409. The van der Waals surface area contributed by atoms with Crippen molar-refractivity contribution in [3.63, 3.8) is 0 Å². The molecule has 0 aliphatic carbocycles. The summed E-state index contributed by atoms with van der Waals surface area (Å²) >= 11 is 6.01. The quantitative estimate of drug-likeness (QED) is 0.794. The molecular weight excluding hydrogens is 374 g/mol. The fourth-order valence-electron chi connectivity index (χ4n) is 4.25. The fourth-order valence-corrected chi connectivity index (χ4v) is 4.37. The van der Waals surface area contributed by atoms with Crippen LogP contribution in [0.2, 0.25) is 5.02 Å². The summed E-state index contributed by atoms with van der Waals surface area (Å²) in [6.07, 6.45) is 7.14. The maximum absolute atomic E-state index is 13.4. The SMILES string of the molecule is O=C(c1cccnc1)N1CC(Cc2ccc(Cl)cc2)(C(=O)N2CCCCC2)C1. The summed E-state index contributed by atoms with van der Waals surface area (Å²) in [6, 6.07) is 11.2. The van der Waals surface area contributed by atoms with E-state index in [2.05, 4.69) is 4.98 Å². The third kappa shape index (κ3) is 3.76. The maximum Gasteiger partial charge on any atom is 0.255 e. The van der Waals surface area contributed by atoms with E-state index < -0.39 is 5.41 Å². The molecule has 146 valence electrons. The maximum atomic E-state index is 13.4. The van der Waals surface area contributed by atoms with E-state index in [-0.39, 0.29) is 11.8 Å². The van der Waals surface area contributed by atoms with Gasteiger partial charge in [-0.1, -0.05) is 23.7 Å². The largest absolute Gasteiger partial charge is 0.342 e. The summed E-state index contributed by atoms with van der Waals surface area (Å²) in [5.41, 5.74) is 1.08. The van der Waals surface area contributed by atoms with Crippen molar-refractivity contribution in [3.8, 4) is 0 Å². The molecule has 5 nitrogen and oxygen atoms in total. The number of pyridine rings is 1. The number of hydrogen-bond acceptors (Lipinski definition) is 3. The second-order valence-corrected chi connectivity index (χ2v) is 8.28. The highest BCUT2D eigenvalue weighted by atomic mass is 35.5. The zero-order valence-corrected chi connectivity index (χ0v) is 16.6. The lowest BCUT2D eigenvalue weighted by Crippen LogP contribution is -2.66. The first-order valence-corrected chi connectivity index (χ1v) is 10.2. The van der Waals surface area contributed by atoms with Crippen molar-refractivity contribution in [2.75, 3.05) is 26.2 Å². The second-order valence-electron chi connectivity index (χ2n) is 7.84. The van der Waals surface area contributed by atoms with Gasteiger partial charge in [0.2, 0.25) is 5.91 Å². The van der Waals surface area contributed by atoms with Gasteiger partial charge in [-0.15, -0.1) is 0 Å². The topological polar surface area (TPSA) is 53.5 Å². The summed E-state index contributed by atoms with van der Waals surface area (Å²) in [6.45, 7) is 2.52. The zero-order chi connectivity index (χ0) is 19.6. The molecule has 3 heterocycles. The van der Waals surface area contributed by atoms with Gasteiger partial charge in [0.05, 0.1) is 11.0 Å². The second kappa shape index (κ2) is 7.92. The van der Waals surface area contributed by atoms with E-state index in [1.807, 2.05) is 29.2 Å². The van der Waals surface area contributed by atoms with Crippen LogP contribution in [0.5, 0.6) is 0 Å². The van der Waals surface area contributed by atoms with E-state index in [1.165, 1.54) is 6.42 Å². The minimum atomic E-state index is -0.553. The number of piperidine rings is 1. The van der Waals surface area contributed by atoms with E-state index in [0.29, 0.717) is 30.1 Å². The molecule has 2 aliphatic rings. The molecular formula is C22H24ClN3O2. The van der Waals surface area contributed by atoms with Crippen LogP contribution in [0.1, 0.15) is 35.2 Å². The average molecular weight is 398 g/mol. The lowest BCUT2D eigenvalue weighted by Gasteiger charge is -2.51. The third-order valence-electron chi connectivity index (χ3n) is 5.74. The zero-order valence-electron chi connectivity index (χ0n) is 15.8. The Morgan fingerprint density at radius 2 is 1.71 bits per heavy atom. The molecule has 28 heavy (non-hydrogen) atoms. The van der Waals surface area contributed by atoms with Crippen molar-refractivity contribution in [1.82, 2.24) is 14.8 Å². The predicted molar refractivity (Wildman–Crippen MR) is 108 cm³/mol. The normalized spacial score (nSPS) is 18.5. The Labute approximate surface area is 170 Å². The van der Waals surface area contributed by atoms with Crippen LogP contribution in [-0.2, 0) is 11.2 Å². The molecule has 0 bridgehead atoms. The number of halogens is 1. The molecule has 2 aromatic rings. The summed E-state index contributed by atoms with van der Waals surface area (Å²) in [5.74, 6) is 0.115. The minimum absolute atomic E-state index is 0.0636. The third-order valence-corrected chi connectivity index (χ3v) is 5.99. The Kier molecular flexibility index (Phi) is 5.36. The first-order chi connectivity index (χ1) is 13.6. The molecule has 6 heteroatoms. The Morgan fingerprint density at radius 1 is 1.00 bits per heavy atom. The van der Waals surface area contributed by atoms with Gasteiger partial charge in [0.15, 0.2) is 0 Å². The number of nitrogens with zero attached hydrogens (tertiary/aromatic N) is 3. The van der Waals surface area contributed by atoms with Gasteiger partial charge >= 0.3 is 0 Å². The van der Waals surface area contributed by atoms with Gasteiger partial charge in [-0.2, -0.15) is 0 Å². The smallest absolute Gasteiger partial charge is 0.255 e. The van der Waals surface area contributed by atoms with Gasteiger partial charge in [-0.05, 0) is 55.5 Å². The van der Waals surface area contributed by atoms with Gasteiger partial charge in [0.25, 0.3) is 5.91 Å². The highest BCUT2D eigenvalue weighted by Gasteiger charge is 2.52. The number of likely N-dealkylation sites (tertiary alicyclic amines) is 2. The molecule has 2 aliphatic heterocycles. The highest BCUT2D eigenvalue weighted by Crippen LogP contribution is 2.38. The van der Waals surface area contributed by atoms with Gasteiger partial charge in [-0.3, -0.25) is 14.6 Å². The van der Waals surface area contributed by atoms with Crippen LogP contribution in [0.3, 0.4) is 0 Å². The molecule has 1 aromatic carbocycles. The summed E-state index contributed by atoms with van der Waals surface area (Å²) < 4.78 is 0. The molecule has 2 amide bonds. The molecule has 0 saturated carbocycles. The highest BCUT2D eigenvalue weighted by molar-refractivity contribution is 6.30. The molecule has 2 fully saturated rings. The summed E-state index contributed by atoms with van der Waals surface area (Å²) in [5, 5.41) is 0.683. The Hall–Kier alpha value is -2.40. The monoisotopic (exact) mass is 397 g/mol. The number of aromatic nitrogens is 1. The van der Waals surface area contributed by atoms with Crippen LogP contribution in [0.25, 0.3) is 0 Å². The van der Waals surface area contributed by atoms with Crippen LogP contribution in [-0.4, -0.2) is 52.8 Å². The van der Waals surface area contributed by atoms with Gasteiger partial charge in [-0.25, -0.2) is 0 Å². The number of carbonyl (C=O) groups excluding carboxylic acids is 2. The van der Waals surface area contributed by atoms with Gasteiger partial charge in [0, 0.05) is 43.6 Å². The molecule has 0 atom stereocenters. The van der Waals surface area contributed by atoms with Gasteiger partial charge in [0.1, 0.15) is 0 Å². The van der Waals surface area contributed by atoms with Crippen molar-refractivity contribution in [2.24, 2.45) is 5.41 Å². The van der Waals surface area contributed by atoms with E-state index in [4.69, 9.17) is 11.6 Å². The van der Waals surface area contributed by atoms with Crippen molar-refractivity contribution < 1.29 is 9.59 Å². The Bertz CT molecular complexity index is 842. The number of rotatable bonds is 4. The van der Waals surface area contributed by atoms with Crippen molar-refractivity contribution >= 4 is 23.4 Å². The van der Waals surface area contributed by atoms with E-state index in [1.54, 1.807) is 29.4 Å². The van der Waals surface area contributed by atoms with Crippen molar-refractivity contribution in [1.29, 1.82) is 0 Å². The first kappa shape index (κ1) is 18.9. The molecule has 1 aromatic heterocycles. The molecule has 0 N–H and O–H groups in total. The van der Waals surface area contributed by atoms with Crippen molar-refractivity contribution in [2.45, 2.75) is 25.7 Å². The lowest BCUT2D eigenvalue weighted by molar-refractivity contribution is -0.151. The van der Waals surface area contributed by atoms with Crippen LogP contribution >= 0.6 is 11.6 Å². The molecule has 0 unspecified atom stereocenters. The van der Waals surface area contributed by atoms with Gasteiger partial charge < -0.3 is 9.80 Å². The van der Waals surface area contributed by atoms with Crippen LogP contribution in [0, 0.1) is 5.41 Å². The van der Waals surface area contributed by atoms with E-state index in [9.17, 15) is 9.59 Å². The molecule has 2 saturated heterocycles. The average Bonchev–Trinajstić information content (AvgIpc) is 2.72. The molecule has 0 spiro atoms.